The molecule has 2 N–H and O–H groups in total. The quantitative estimate of drug-likeness (QED) is 0.685. The summed E-state index contributed by atoms with van der Waals surface area (Å²) >= 11 is 0. The molecule has 2 unspecified atom stereocenters. The maximum atomic E-state index is 5.11. The zero-order valence-corrected chi connectivity index (χ0v) is 17.6. The van der Waals surface area contributed by atoms with E-state index in [9.17, 15) is 0 Å². The molecule has 5 rings (SSSR count). The van der Waals surface area contributed by atoms with Crippen LogP contribution in [0.15, 0.2) is 42.9 Å². The summed E-state index contributed by atoms with van der Waals surface area (Å²) in [5, 5.41) is 9.41. The Morgan fingerprint density at radius 1 is 1.07 bits per heavy atom. The van der Waals surface area contributed by atoms with Gasteiger partial charge in [-0.15, -0.1) is 0 Å². The number of fused-ring (bicyclic) bond motifs is 1. The van der Waals surface area contributed by atoms with Gasteiger partial charge in [-0.1, -0.05) is 19.8 Å². The highest BCUT2D eigenvalue weighted by Crippen LogP contribution is 2.31. The third kappa shape index (κ3) is 3.97. The summed E-state index contributed by atoms with van der Waals surface area (Å²) in [4.78, 5) is 16.4. The van der Waals surface area contributed by atoms with Crippen molar-refractivity contribution in [1.29, 1.82) is 0 Å². The Balaban J connectivity index is 1.50. The first-order valence-corrected chi connectivity index (χ1v) is 11.2. The minimum atomic E-state index is 0.506. The van der Waals surface area contributed by atoms with Crippen LogP contribution < -0.4 is 15.5 Å². The van der Waals surface area contributed by atoms with Crippen LogP contribution in [-0.2, 0) is 0 Å². The second-order valence-electron chi connectivity index (χ2n) is 8.61. The van der Waals surface area contributed by atoms with Gasteiger partial charge in [-0.05, 0) is 43.0 Å². The van der Waals surface area contributed by atoms with Crippen molar-refractivity contribution in [3.63, 3.8) is 0 Å². The molecular weight excluding hydrogens is 372 g/mol. The number of piperazine rings is 1. The van der Waals surface area contributed by atoms with E-state index in [-0.39, 0.29) is 0 Å². The monoisotopic (exact) mass is 402 g/mol. The van der Waals surface area contributed by atoms with E-state index < -0.39 is 0 Å². The van der Waals surface area contributed by atoms with Crippen LogP contribution in [0, 0.1) is 5.92 Å². The van der Waals surface area contributed by atoms with Crippen molar-refractivity contribution in [1.82, 2.24) is 20.3 Å². The number of hydrogen-bond acceptors (Lipinski definition) is 6. The van der Waals surface area contributed by atoms with Gasteiger partial charge in [-0.25, -0.2) is 9.97 Å². The Morgan fingerprint density at radius 2 is 1.93 bits per heavy atom. The van der Waals surface area contributed by atoms with Gasteiger partial charge in [0.1, 0.15) is 11.6 Å². The molecular formula is C24H30N6. The highest BCUT2D eigenvalue weighted by molar-refractivity contribution is 5.94. The van der Waals surface area contributed by atoms with E-state index in [0.717, 1.165) is 54.5 Å². The van der Waals surface area contributed by atoms with E-state index in [2.05, 4.69) is 56.7 Å². The lowest BCUT2D eigenvalue weighted by molar-refractivity contribution is 0.349. The average molecular weight is 403 g/mol. The molecule has 2 aliphatic rings. The molecule has 3 aromatic rings. The second-order valence-corrected chi connectivity index (χ2v) is 8.61. The summed E-state index contributed by atoms with van der Waals surface area (Å²) in [6, 6.07) is 8.94. The fourth-order valence-corrected chi connectivity index (χ4v) is 4.73. The molecule has 1 saturated carbocycles. The normalized spacial score (nSPS) is 22.2. The summed E-state index contributed by atoms with van der Waals surface area (Å²) in [6.45, 7) is 6.26. The van der Waals surface area contributed by atoms with Crippen LogP contribution >= 0.6 is 0 Å². The summed E-state index contributed by atoms with van der Waals surface area (Å²) in [5.74, 6) is 2.69. The van der Waals surface area contributed by atoms with Crippen LogP contribution in [0.1, 0.15) is 32.6 Å². The fourth-order valence-electron chi connectivity index (χ4n) is 4.73. The van der Waals surface area contributed by atoms with Crippen molar-refractivity contribution in [3.05, 3.63) is 42.9 Å². The zero-order valence-electron chi connectivity index (χ0n) is 17.6. The Bertz CT molecular complexity index is 1010. The highest BCUT2D eigenvalue weighted by atomic mass is 15.2. The van der Waals surface area contributed by atoms with E-state index in [1.807, 2.05) is 18.6 Å². The Labute approximate surface area is 178 Å². The maximum Gasteiger partial charge on any atom is 0.137 e. The van der Waals surface area contributed by atoms with Gasteiger partial charge >= 0.3 is 0 Å². The van der Waals surface area contributed by atoms with E-state index in [1.165, 1.54) is 31.1 Å². The first-order chi connectivity index (χ1) is 14.8. The van der Waals surface area contributed by atoms with Crippen LogP contribution in [-0.4, -0.2) is 47.2 Å². The van der Waals surface area contributed by atoms with Crippen LogP contribution in [0.2, 0.25) is 0 Å². The Hall–Kier alpha value is -2.73. The standard InChI is InChI=1S/C24H30N6/c1-17-4-2-3-5-21(17)28-23-15-18(6-9-27-23)22-14-19-16-26-8-7-20(19)24(29-22)30-12-10-25-11-13-30/h6-9,14-17,21,25H,2-5,10-13H2,1H3,(H,27,28). The van der Waals surface area contributed by atoms with Gasteiger partial charge in [-0.3, -0.25) is 4.98 Å². The predicted octanol–water partition coefficient (Wildman–Crippen LogP) is 4.09. The van der Waals surface area contributed by atoms with Crippen molar-refractivity contribution in [2.75, 3.05) is 36.4 Å². The molecule has 30 heavy (non-hydrogen) atoms. The van der Waals surface area contributed by atoms with Crippen molar-refractivity contribution >= 4 is 22.4 Å². The maximum absolute atomic E-state index is 5.11. The molecule has 1 aliphatic carbocycles. The van der Waals surface area contributed by atoms with Crippen molar-refractivity contribution in [2.45, 2.75) is 38.6 Å². The van der Waals surface area contributed by atoms with Gasteiger partial charge in [0.05, 0.1) is 5.69 Å². The van der Waals surface area contributed by atoms with Crippen LogP contribution in [0.5, 0.6) is 0 Å². The lowest BCUT2D eigenvalue weighted by atomic mass is 9.86. The molecule has 0 aromatic carbocycles. The smallest absolute Gasteiger partial charge is 0.137 e. The highest BCUT2D eigenvalue weighted by Gasteiger charge is 2.22. The molecule has 4 heterocycles. The molecule has 1 saturated heterocycles. The fraction of sp³-hybridized carbons (Fsp3) is 0.458. The first kappa shape index (κ1) is 19.2. The lowest BCUT2D eigenvalue weighted by Gasteiger charge is -2.30. The number of hydrogen-bond donors (Lipinski definition) is 2. The molecule has 2 fully saturated rings. The van der Waals surface area contributed by atoms with E-state index in [4.69, 9.17) is 4.98 Å². The lowest BCUT2D eigenvalue weighted by Crippen LogP contribution is -2.44. The van der Waals surface area contributed by atoms with Crippen molar-refractivity contribution < 1.29 is 0 Å². The molecule has 0 radical (unpaired) electrons. The van der Waals surface area contributed by atoms with Crippen molar-refractivity contribution in [2.24, 2.45) is 5.92 Å². The van der Waals surface area contributed by atoms with Gasteiger partial charge in [0, 0.05) is 67.1 Å². The van der Waals surface area contributed by atoms with Crippen LogP contribution in [0.3, 0.4) is 0 Å². The summed E-state index contributed by atoms with van der Waals surface area (Å²) < 4.78 is 0. The summed E-state index contributed by atoms with van der Waals surface area (Å²) in [7, 11) is 0. The minimum absolute atomic E-state index is 0.506. The van der Waals surface area contributed by atoms with Crippen molar-refractivity contribution in [3.8, 4) is 11.3 Å². The molecule has 156 valence electrons. The number of nitrogens with one attached hydrogen (secondary N) is 2. The van der Waals surface area contributed by atoms with Gasteiger partial charge < -0.3 is 15.5 Å². The molecule has 6 heteroatoms. The average Bonchev–Trinajstić information content (AvgIpc) is 2.81. The number of pyridine rings is 3. The SMILES string of the molecule is CC1CCCCC1Nc1cc(-c2cc3cnccc3c(N3CCNCC3)n2)ccn1. The van der Waals surface area contributed by atoms with Gasteiger partial charge in [0.25, 0.3) is 0 Å². The molecule has 6 nitrogen and oxygen atoms in total. The molecule has 1 aliphatic heterocycles. The van der Waals surface area contributed by atoms with Crippen LogP contribution in [0.4, 0.5) is 11.6 Å². The third-order valence-corrected chi connectivity index (χ3v) is 6.53. The topological polar surface area (TPSA) is 66.0 Å². The summed E-state index contributed by atoms with van der Waals surface area (Å²) in [6.07, 6.45) is 10.9. The number of anilines is 2. The van der Waals surface area contributed by atoms with Gasteiger partial charge in [0.2, 0.25) is 0 Å². The number of nitrogens with zero attached hydrogens (tertiary/aromatic N) is 4. The Kier molecular flexibility index (Phi) is 5.49. The predicted molar refractivity (Wildman–Crippen MR) is 123 cm³/mol. The third-order valence-electron chi connectivity index (χ3n) is 6.53. The number of aromatic nitrogens is 3. The molecule has 0 amide bonds. The zero-order chi connectivity index (χ0) is 20.3. The second kappa shape index (κ2) is 8.56. The molecule has 2 atom stereocenters. The van der Waals surface area contributed by atoms with Crippen LogP contribution in [0.25, 0.3) is 22.0 Å². The number of rotatable bonds is 4. The van der Waals surface area contributed by atoms with Gasteiger partial charge in [-0.2, -0.15) is 0 Å². The largest absolute Gasteiger partial charge is 0.367 e. The molecule has 3 aromatic heterocycles. The summed E-state index contributed by atoms with van der Waals surface area (Å²) in [5.41, 5.74) is 2.07. The minimum Gasteiger partial charge on any atom is -0.367 e. The van der Waals surface area contributed by atoms with Gasteiger partial charge in [0.15, 0.2) is 0 Å². The van der Waals surface area contributed by atoms with E-state index >= 15 is 0 Å². The van der Waals surface area contributed by atoms with E-state index in [1.54, 1.807) is 0 Å². The first-order valence-electron chi connectivity index (χ1n) is 11.2. The van der Waals surface area contributed by atoms with E-state index in [0.29, 0.717) is 12.0 Å². The molecule has 0 bridgehead atoms. The molecule has 0 spiro atoms. The Morgan fingerprint density at radius 3 is 2.80 bits per heavy atom.